The van der Waals surface area contributed by atoms with E-state index in [1.807, 2.05) is 35.8 Å². The lowest BCUT2D eigenvalue weighted by Crippen LogP contribution is -2.15. The number of carbonyl (C=O) groups excluding carboxylic acids is 1. The first kappa shape index (κ1) is 36.9. The van der Waals surface area contributed by atoms with E-state index in [1.54, 1.807) is 35.6 Å². The number of aryl methyl sites for hydroxylation is 2. The van der Waals surface area contributed by atoms with Gasteiger partial charge in [-0.25, -0.2) is 4.79 Å². The van der Waals surface area contributed by atoms with E-state index >= 15 is 0 Å². The zero-order valence-corrected chi connectivity index (χ0v) is 32.6. The highest BCUT2D eigenvalue weighted by molar-refractivity contribution is 7.80. The van der Waals surface area contributed by atoms with Crippen LogP contribution in [-0.2, 0) is 4.79 Å². The zero-order valence-electron chi connectivity index (χ0n) is 30.2. The highest BCUT2D eigenvalue weighted by Gasteiger charge is 2.32. The molecular formula is C42H32ClN5O6S2. The molecule has 11 nitrogen and oxygen atoms in total. The number of aromatic nitrogens is 3. The van der Waals surface area contributed by atoms with Crippen LogP contribution in [0.25, 0.3) is 38.4 Å². The van der Waals surface area contributed by atoms with E-state index in [0.29, 0.717) is 49.4 Å². The van der Waals surface area contributed by atoms with Crippen LogP contribution in [0, 0.1) is 20.8 Å². The Morgan fingerprint density at radius 3 is 2.48 bits per heavy atom. The molecule has 0 fully saturated rings. The normalized spacial score (nSPS) is 13.6. The minimum atomic E-state index is -1.18. The summed E-state index contributed by atoms with van der Waals surface area (Å²) in [6.07, 6.45) is 0.400. The van der Waals surface area contributed by atoms with E-state index in [0.717, 1.165) is 32.3 Å². The predicted octanol–water partition coefficient (Wildman–Crippen LogP) is 9.26. The second-order valence-corrected chi connectivity index (χ2v) is 15.7. The number of benzene rings is 4. The first-order valence-electron chi connectivity index (χ1n) is 17.6. The van der Waals surface area contributed by atoms with Crippen molar-refractivity contribution in [2.45, 2.75) is 46.1 Å². The predicted molar refractivity (Wildman–Crippen MR) is 222 cm³/mol. The number of anilines is 1. The maximum Gasteiger partial charge on any atom is 0.336 e. The van der Waals surface area contributed by atoms with Crippen molar-refractivity contribution in [3.63, 3.8) is 0 Å². The lowest BCUT2D eigenvalue weighted by Gasteiger charge is -2.18. The molecule has 3 aromatic carbocycles. The molecule has 3 aliphatic rings. The Kier molecular flexibility index (Phi) is 9.61. The van der Waals surface area contributed by atoms with Crippen molar-refractivity contribution in [3.05, 3.63) is 133 Å². The van der Waals surface area contributed by atoms with Gasteiger partial charge in [0, 0.05) is 74.6 Å². The number of Topliss-reactive ketones (excluding diaryl/α,β-unsaturated/α-hetero) is 1. The summed E-state index contributed by atoms with van der Waals surface area (Å²) < 4.78 is 7.93. The molecule has 56 heavy (non-hydrogen) atoms. The average molecular weight is 802 g/mol. The van der Waals surface area contributed by atoms with E-state index in [2.05, 4.69) is 29.4 Å². The summed E-state index contributed by atoms with van der Waals surface area (Å²) in [4.78, 5) is 45.2. The maximum atomic E-state index is 13.7. The number of phenolic OH excluding ortho intramolecular Hbond substituents is 1. The molecule has 0 radical (unpaired) electrons. The maximum absolute atomic E-state index is 13.7. The van der Waals surface area contributed by atoms with Crippen LogP contribution < -0.4 is 10.7 Å². The van der Waals surface area contributed by atoms with Gasteiger partial charge in [-0.1, -0.05) is 42.0 Å². The quantitative estimate of drug-likeness (QED) is 0.0949. The molecule has 0 saturated carbocycles. The number of aliphatic imine (C=N–C) groups is 1. The monoisotopic (exact) mass is 801 g/mol. The van der Waals surface area contributed by atoms with Crippen LogP contribution in [0.3, 0.4) is 0 Å². The Balaban J connectivity index is 1.04. The Bertz CT molecular complexity index is 2820. The van der Waals surface area contributed by atoms with Crippen LogP contribution >= 0.6 is 35.2 Å². The third-order valence-electron chi connectivity index (χ3n) is 9.89. The number of hydrogen-bond donors (Lipinski definition) is 3. The third-order valence-corrected chi connectivity index (χ3v) is 11.6. The van der Waals surface area contributed by atoms with Gasteiger partial charge in [-0.15, -0.1) is 21.5 Å². The molecule has 0 amide bonds. The number of nitrogens with one attached hydrogen (secondary N) is 1. The molecular weight excluding hydrogens is 770 g/mol. The van der Waals surface area contributed by atoms with Gasteiger partial charge in [0.25, 0.3) is 0 Å². The Hall–Kier alpha value is -6.02. The van der Waals surface area contributed by atoms with E-state index < -0.39 is 12.0 Å². The van der Waals surface area contributed by atoms with Gasteiger partial charge in [-0.2, -0.15) is 0 Å². The van der Waals surface area contributed by atoms with E-state index in [4.69, 9.17) is 33.2 Å². The van der Waals surface area contributed by atoms with Gasteiger partial charge in [-0.05, 0) is 80.4 Å². The van der Waals surface area contributed by atoms with Crippen LogP contribution in [0.15, 0.2) is 93.1 Å². The van der Waals surface area contributed by atoms with Crippen molar-refractivity contribution >= 4 is 74.3 Å². The second-order valence-electron chi connectivity index (χ2n) is 13.6. The Morgan fingerprint density at radius 1 is 0.946 bits per heavy atom. The van der Waals surface area contributed by atoms with Crippen molar-refractivity contribution in [2.75, 3.05) is 5.32 Å². The SMILES string of the molecule is Cc1sc2c(c1C)C(c1ccc(Cl)cc1)=N[C@@H](CC(=O)CCC(=S)Nc1ccc(-c3c4ccc(=O)cc-4oc4cc(O)ccc34)c(C(=O)O)c1)c1nnc(C)n1-2. The smallest absolute Gasteiger partial charge is 0.336 e. The standard InChI is InChI=1S/C42H32ClN5O6S2/c1-20-21(2)56-41-37(20)39(23-4-6-24(43)7-5-23)45-33(40-47-46-22(3)48(40)41)17-26(49)11-15-36(55)44-25-8-12-29(32(16-25)42(52)53)38-30-13-9-27(50)18-34(30)54-35-19-28(51)10-14-31(35)38/h4-10,12-14,16,18-19,33,50H,11,15,17H2,1-3H3,(H,44,55)(H,52,53)/t33-/m0/s1. The van der Waals surface area contributed by atoms with Gasteiger partial charge in [0.1, 0.15) is 39.7 Å². The first-order valence-corrected chi connectivity index (χ1v) is 19.2. The molecule has 4 heterocycles. The Morgan fingerprint density at radius 2 is 1.71 bits per heavy atom. The molecule has 0 unspecified atom stereocenters. The number of carbonyl (C=O) groups is 2. The fraction of sp³-hybridized carbons (Fsp3) is 0.167. The van der Waals surface area contributed by atoms with Crippen LogP contribution in [0.2, 0.25) is 5.02 Å². The van der Waals surface area contributed by atoms with Crippen LogP contribution in [-0.4, -0.2) is 47.4 Å². The number of thiocarbonyl (C=S) groups is 1. The fourth-order valence-corrected chi connectivity index (χ4v) is 8.65. The number of thiophene rings is 1. The third kappa shape index (κ3) is 6.78. The number of aromatic carboxylic acids is 1. The van der Waals surface area contributed by atoms with Gasteiger partial charge >= 0.3 is 5.97 Å². The molecule has 14 heteroatoms. The molecule has 5 aromatic rings. The molecule has 1 aliphatic carbocycles. The minimum absolute atomic E-state index is 0.0250. The van der Waals surface area contributed by atoms with Gasteiger partial charge in [0.15, 0.2) is 11.3 Å². The molecule has 2 aliphatic heterocycles. The number of rotatable bonds is 9. The molecule has 3 N–H and O–H groups in total. The highest BCUT2D eigenvalue weighted by Crippen LogP contribution is 2.43. The molecule has 0 bridgehead atoms. The van der Waals surface area contributed by atoms with Gasteiger partial charge < -0.3 is 19.9 Å². The summed E-state index contributed by atoms with van der Waals surface area (Å²) in [7, 11) is 0. The molecule has 1 atom stereocenters. The van der Waals surface area contributed by atoms with Crippen molar-refractivity contribution in [1.82, 2.24) is 14.8 Å². The fourth-order valence-electron chi connectivity index (χ4n) is 7.09. The number of phenols is 1. The van der Waals surface area contributed by atoms with Crippen molar-refractivity contribution in [2.24, 2.45) is 4.99 Å². The topological polar surface area (TPSA) is 160 Å². The largest absolute Gasteiger partial charge is 0.508 e. The first-order chi connectivity index (χ1) is 26.9. The van der Waals surface area contributed by atoms with Crippen molar-refractivity contribution in [3.8, 4) is 33.2 Å². The number of halogens is 1. The average Bonchev–Trinajstić information content (AvgIpc) is 3.64. The number of ketones is 1. The Labute approximate surface area is 334 Å². The lowest BCUT2D eigenvalue weighted by molar-refractivity contribution is -0.119. The summed E-state index contributed by atoms with van der Waals surface area (Å²) in [6, 6.07) is 20.6. The van der Waals surface area contributed by atoms with Crippen LogP contribution in [0.5, 0.6) is 5.75 Å². The van der Waals surface area contributed by atoms with Crippen molar-refractivity contribution < 1.29 is 24.2 Å². The van der Waals surface area contributed by atoms with E-state index in [9.17, 15) is 24.6 Å². The molecule has 280 valence electrons. The van der Waals surface area contributed by atoms with Crippen LogP contribution in [0.4, 0.5) is 5.69 Å². The summed E-state index contributed by atoms with van der Waals surface area (Å²) in [6.45, 7) is 6.03. The lowest BCUT2D eigenvalue weighted by atomic mass is 9.90. The zero-order chi connectivity index (χ0) is 39.4. The molecule has 0 spiro atoms. The number of carboxylic acid groups (broad SMARTS) is 1. The molecule has 0 saturated heterocycles. The number of nitrogens with zero attached hydrogens (tertiary/aromatic N) is 4. The van der Waals surface area contributed by atoms with Crippen molar-refractivity contribution in [1.29, 1.82) is 0 Å². The molecule has 8 rings (SSSR count). The second kappa shape index (κ2) is 14.6. The van der Waals surface area contributed by atoms with Gasteiger partial charge in [0.05, 0.1) is 16.3 Å². The van der Waals surface area contributed by atoms with Gasteiger partial charge in [-0.3, -0.25) is 19.1 Å². The molecule has 2 aromatic heterocycles. The summed E-state index contributed by atoms with van der Waals surface area (Å²) >= 11 is 13.5. The number of hydrogen-bond acceptors (Lipinski definition) is 10. The number of carboxylic acids is 1. The minimum Gasteiger partial charge on any atom is -0.508 e. The summed E-state index contributed by atoms with van der Waals surface area (Å²) in [5.74, 6) is 0.232. The summed E-state index contributed by atoms with van der Waals surface area (Å²) in [5, 5.41) is 34.6. The van der Waals surface area contributed by atoms with Gasteiger partial charge in [0.2, 0.25) is 0 Å². The van der Waals surface area contributed by atoms with Crippen LogP contribution in [0.1, 0.15) is 68.9 Å². The van der Waals surface area contributed by atoms with E-state index in [1.165, 1.54) is 30.3 Å². The van der Waals surface area contributed by atoms with E-state index in [-0.39, 0.29) is 53.1 Å². The highest BCUT2D eigenvalue weighted by atomic mass is 35.5. The number of fused-ring (bicyclic) bond motifs is 5. The number of aromatic hydroxyl groups is 1. The summed E-state index contributed by atoms with van der Waals surface area (Å²) in [5.41, 5.74) is 5.57.